The average Bonchev–Trinajstić information content (AvgIpc) is 2.58. The number of carbonyl (C=O) groups is 3. The van der Waals surface area contributed by atoms with Crippen molar-refractivity contribution < 1.29 is 32.7 Å². The van der Waals surface area contributed by atoms with Crippen molar-refractivity contribution in [2.24, 2.45) is 5.73 Å². The lowest BCUT2D eigenvalue weighted by atomic mass is 10.1. The van der Waals surface area contributed by atoms with Gasteiger partial charge in [-0.05, 0) is 12.0 Å². The van der Waals surface area contributed by atoms with Gasteiger partial charge in [-0.25, -0.2) is 4.79 Å². The van der Waals surface area contributed by atoms with Gasteiger partial charge in [-0.2, -0.15) is 13.2 Å². The molecule has 26 heavy (non-hydrogen) atoms. The van der Waals surface area contributed by atoms with E-state index in [2.05, 4.69) is 10.6 Å². The molecule has 1 aromatic carbocycles. The van der Waals surface area contributed by atoms with E-state index < -0.39 is 12.1 Å². The van der Waals surface area contributed by atoms with E-state index in [1.807, 2.05) is 37.3 Å². The Hall–Kier alpha value is -2.62. The minimum absolute atomic E-state index is 0.0118. The summed E-state index contributed by atoms with van der Waals surface area (Å²) in [5, 5.41) is 12.4. The normalized spacial score (nSPS) is 11.6. The highest BCUT2D eigenvalue weighted by Crippen LogP contribution is 2.13. The predicted octanol–water partition coefficient (Wildman–Crippen LogP) is 0.832. The topological polar surface area (TPSA) is 122 Å². The fraction of sp³-hybridized carbons (Fsp3) is 0.438. The van der Waals surface area contributed by atoms with E-state index in [4.69, 9.17) is 15.6 Å². The SMILES string of the molecule is CC[C@H](N)CNC(=O)CNC(=O)Cc1ccccc1.O=C(O)C(F)(F)F. The van der Waals surface area contributed by atoms with Crippen LogP contribution in [0.5, 0.6) is 0 Å². The summed E-state index contributed by atoms with van der Waals surface area (Å²) in [6.07, 6.45) is -4.00. The summed E-state index contributed by atoms with van der Waals surface area (Å²) in [4.78, 5) is 31.9. The van der Waals surface area contributed by atoms with Gasteiger partial charge >= 0.3 is 12.1 Å². The smallest absolute Gasteiger partial charge is 0.475 e. The molecule has 0 bridgehead atoms. The highest BCUT2D eigenvalue weighted by molar-refractivity contribution is 5.85. The average molecular weight is 377 g/mol. The van der Waals surface area contributed by atoms with E-state index in [0.29, 0.717) is 6.54 Å². The Kier molecular flexibility index (Phi) is 10.7. The Morgan fingerprint density at radius 1 is 1.12 bits per heavy atom. The zero-order valence-corrected chi connectivity index (χ0v) is 14.2. The molecule has 7 nitrogen and oxygen atoms in total. The molecule has 10 heteroatoms. The maximum Gasteiger partial charge on any atom is 0.490 e. The molecular formula is C16H22F3N3O4. The fourth-order valence-electron chi connectivity index (χ4n) is 1.47. The predicted molar refractivity (Wildman–Crippen MR) is 88.1 cm³/mol. The van der Waals surface area contributed by atoms with Crippen molar-refractivity contribution in [2.75, 3.05) is 13.1 Å². The minimum Gasteiger partial charge on any atom is -0.475 e. The first-order valence-electron chi connectivity index (χ1n) is 7.69. The summed E-state index contributed by atoms with van der Waals surface area (Å²) in [6.45, 7) is 2.38. The summed E-state index contributed by atoms with van der Waals surface area (Å²) in [7, 11) is 0. The van der Waals surface area contributed by atoms with Crippen molar-refractivity contribution in [3.8, 4) is 0 Å². The van der Waals surface area contributed by atoms with Crippen LogP contribution in [0.2, 0.25) is 0 Å². The van der Waals surface area contributed by atoms with Crippen molar-refractivity contribution in [3.05, 3.63) is 35.9 Å². The minimum atomic E-state index is -5.08. The number of carboxylic acid groups (broad SMARTS) is 1. The van der Waals surface area contributed by atoms with Crippen molar-refractivity contribution in [1.29, 1.82) is 0 Å². The quantitative estimate of drug-likeness (QED) is 0.561. The Bertz CT molecular complexity index is 580. The van der Waals surface area contributed by atoms with Gasteiger partial charge in [-0.3, -0.25) is 9.59 Å². The van der Waals surface area contributed by atoms with Crippen LogP contribution in [0.4, 0.5) is 13.2 Å². The fourth-order valence-corrected chi connectivity index (χ4v) is 1.47. The van der Waals surface area contributed by atoms with Crippen molar-refractivity contribution in [1.82, 2.24) is 10.6 Å². The third kappa shape index (κ3) is 11.8. The van der Waals surface area contributed by atoms with Gasteiger partial charge in [-0.15, -0.1) is 0 Å². The number of rotatable bonds is 7. The lowest BCUT2D eigenvalue weighted by Crippen LogP contribution is -2.42. The summed E-state index contributed by atoms with van der Waals surface area (Å²) in [6, 6.07) is 9.36. The molecule has 0 radical (unpaired) electrons. The second-order valence-electron chi connectivity index (χ2n) is 5.21. The lowest BCUT2D eigenvalue weighted by molar-refractivity contribution is -0.192. The first-order valence-corrected chi connectivity index (χ1v) is 7.69. The zero-order valence-electron chi connectivity index (χ0n) is 14.2. The van der Waals surface area contributed by atoms with Crippen LogP contribution in [-0.4, -0.2) is 48.2 Å². The van der Waals surface area contributed by atoms with Gasteiger partial charge < -0.3 is 21.5 Å². The monoisotopic (exact) mass is 377 g/mol. The molecule has 146 valence electrons. The zero-order chi connectivity index (χ0) is 20.2. The Morgan fingerprint density at radius 2 is 1.65 bits per heavy atom. The standard InChI is InChI=1S/C14H21N3O2.C2HF3O2/c1-2-12(15)9-16-14(19)10-17-13(18)8-11-6-4-3-5-7-11;3-2(4,5)1(6)7/h3-7,12H,2,8-10,15H2,1H3,(H,16,19)(H,17,18);(H,6,7)/t12-;/m0./s1. The van der Waals surface area contributed by atoms with E-state index >= 15 is 0 Å². The van der Waals surface area contributed by atoms with Crippen LogP contribution in [0.25, 0.3) is 0 Å². The van der Waals surface area contributed by atoms with E-state index in [9.17, 15) is 22.8 Å². The second kappa shape index (κ2) is 11.9. The molecule has 1 atom stereocenters. The number of hydrogen-bond acceptors (Lipinski definition) is 4. The van der Waals surface area contributed by atoms with Crippen LogP contribution in [0.1, 0.15) is 18.9 Å². The van der Waals surface area contributed by atoms with Crippen molar-refractivity contribution >= 4 is 17.8 Å². The third-order valence-corrected chi connectivity index (χ3v) is 2.98. The summed E-state index contributed by atoms with van der Waals surface area (Å²) in [5.74, 6) is -3.14. The molecule has 0 fully saturated rings. The van der Waals surface area contributed by atoms with Crippen molar-refractivity contribution in [3.63, 3.8) is 0 Å². The van der Waals surface area contributed by atoms with Gasteiger partial charge in [0.05, 0.1) is 13.0 Å². The number of nitrogens with one attached hydrogen (secondary N) is 2. The number of amides is 2. The number of carbonyl (C=O) groups excluding carboxylic acids is 2. The van der Waals surface area contributed by atoms with E-state index in [1.54, 1.807) is 0 Å². The molecular weight excluding hydrogens is 355 g/mol. The maximum atomic E-state index is 11.6. The van der Waals surface area contributed by atoms with Crippen LogP contribution >= 0.6 is 0 Å². The molecule has 2 amide bonds. The van der Waals surface area contributed by atoms with Gasteiger partial charge in [0.2, 0.25) is 11.8 Å². The molecule has 0 aliphatic rings. The van der Waals surface area contributed by atoms with E-state index in [1.165, 1.54) is 0 Å². The molecule has 5 N–H and O–H groups in total. The molecule has 0 aliphatic heterocycles. The van der Waals surface area contributed by atoms with E-state index in [0.717, 1.165) is 12.0 Å². The number of hydrogen-bond donors (Lipinski definition) is 4. The molecule has 0 aromatic heterocycles. The highest BCUT2D eigenvalue weighted by atomic mass is 19.4. The number of alkyl halides is 3. The largest absolute Gasteiger partial charge is 0.490 e. The molecule has 0 saturated heterocycles. The van der Waals surface area contributed by atoms with Crippen LogP contribution < -0.4 is 16.4 Å². The van der Waals surface area contributed by atoms with Crippen LogP contribution in [-0.2, 0) is 20.8 Å². The first kappa shape index (κ1) is 23.4. The second-order valence-corrected chi connectivity index (χ2v) is 5.21. The molecule has 0 spiro atoms. The van der Waals surface area contributed by atoms with Gasteiger partial charge in [0.25, 0.3) is 0 Å². The van der Waals surface area contributed by atoms with Crippen LogP contribution in [0, 0.1) is 0 Å². The summed E-state index contributed by atoms with van der Waals surface area (Å²) >= 11 is 0. The van der Waals surface area contributed by atoms with Gasteiger partial charge in [0.15, 0.2) is 0 Å². The Labute approximate surface area is 148 Å². The Balaban J connectivity index is 0.000000758. The summed E-state index contributed by atoms with van der Waals surface area (Å²) in [5.41, 5.74) is 6.60. The molecule has 0 aliphatic carbocycles. The van der Waals surface area contributed by atoms with Gasteiger partial charge in [0, 0.05) is 12.6 Å². The Morgan fingerprint density at radius 3 is 2.12 bits per heavy atom. The third-order valence-electron chi connectivity index (χ3n) is 2.98. The lowest BCUT2D eigenvalue weighted by Gasteiger charge is -2.10. The molecule has 0 unspecified atom stereocenters. The van der Waals surface area contributed by atoms with Gasteiger partial charge in [0.1, 0.15) is 0 Å². The number of benzene rings is 1. The number of nitrogens with two attached hydrogens (primary N) is 1. The molecule has 1 rings (SSSR count). The van der Waals surface area contributed by atoms with Crippen LogP contribution in [0.3, 0.4) is 0 Å². The molecule has 0 heterocycles. The van der Waals surface area contributed by atoms with Crippen molar-refractivity contribution in [2.45, 2.75) is 32.0 Å². The number of carboxylic acids is 1. The van der Waals surface area contributed by atoms with Crippen LogP contribution in [0.15, 0.2) is 30.3 Å². The van der Waals surface area contributed by atoms with E-state index in [-0.39, 0.29) is 30.8 Å². The number of halogens is 3. The molecule has 1 aromatic rings. The highest BCUT2D eigenvalue weighted by Gasteiger charge is 2.38. The van der Waals surface area contributed by atoms with Gasteiger partial charge in [-0.1, -0.05) is 37.3 Å². The number of aliphatic carboxylic acids is 1. The molecule has 0 saturated carbocycles. The first-order chi connectivity index (χ1) is 12.1. The maximum absolute atomic E-state index is 11.6. The summed E-state index contributed by atoms with van der Waals surface area (Å²) < 4.78 is 31.7.